The maximum atomic E-state index is 12.6. The van der Waals surface area contributed by atoms with Crippen LogP contribution in [-0.2, 0) is 14.8 Å². The third kappa shape index (κ3) is 5.64. The van der Waals surface area contributed by atoms with E-state index in [0.29, 0.717) is 6.42 Å². The number of carbonyl (C=O) groups is 1. The van der Waals surface area contributed by atoms with Crippen molar-refractivity contribution in [2.75, 3.05) is 0 Å². The summed E-state index contributed by atoms with van der Waals surface area (Å²) in [5.74, 6) is 0. The Morgan fingerprint density at radius 2 is 1.52 bits per heavy atom. The van der Waals surface area contributed by atoms with Gasteiger partial charge in [-0.25, -0.2) is 0 Å². The zero-order chi connectivity index (χ0) is 16.9. The number of rotatable bonds is 6. The van der Waals surface area contributed by atoms with E-state index in [1.54, 1.807) is 0 Å². The average Bonchev–Trinajstić information content (AvgIpc) is 2.47. The van der Waals surface area contributed by atoms with Crippen molar-refractivity contribution in [3.05, 3.63) is 66.2 Å². The van der Waals surface area contributed by atoms with E-state index in [2.05, 4.69) is 19.6 Å². The van der Waals surface area contributed by atoms with Gasteiger partial charge in [0.25, 0.3) is 0 Å². The zero-order valence-electron chi connectivity index (χ0n) is 14.2. The minimum atomic E-state index is -1.80. The van der Waals surface area contributed by atoms with E-state index < -0.39 is 13.9 Å². The van der Waals surface area contributed by atoms with Crippen LogP contribution in [0.1, 0.15) is 18.9 Å². The lowest BCUT2D eigenvalue weighted by Crippen LogP contribution is -2.39. The summed E-state index contributed by atoms with van der Waals surface area (Å²) >= 11 is 1.29. The molecule has 0 saturated heterocycles. The molecular weight excluding hydrogens is 320 g/mol. The molecule has 0 bridgehead atoms. The van der Waals surface area contributed by atoms with Gasteiger partial charge in [-0.05, 0) is 44.3 Å². The Labute approximate surface area is 144 Å². The smallest absolute Gasteiger partial charge is 0.196 e. The normalized spacial score (nSPS) is 14.3. The highest BCUT2D eigenvalue weighted by Crippen LogP contribution is 2.35. The molecule has 2 rings (SSSR count). The molecule has 0 aliphatic heterocycles. The Balaban J connectivity index is 2.19. The molecule has 0 heterocycles. The Bertz CT molecular complexity index is 637. The van der Waals surface area contributed by atoms with Crippen LogP contribution in [0.4, 0.5) is 0 Å². The Kier molecular flexibility index (Phi) is 5.84. The first-order valence-corrected chi connectivity index (χ1v) is 12.0. The molecule has 2 nitrogen and oxygen atoms in total. The van der Waals surface area contributed by atoms with E-state index >= 15 is 0 Å². The van der Waals surface area contributed by atoms with Crippen LogP contribution in [-0.4, -0.2) is 13.4 Å². The quantitative estimate of drug-likeness (QED) is 0.514. The number of benzene rings is 2. The fourth-order valence-corrected chi connectivity index (χ4v) is 5.04. The van der Waals surface area contributed by atoms with Crippen LogP contribution in [0.2, 0.25) is 19.6 Å². The maximum Gasteiger partial charge on any atom is 0.196 e. The van der Waals surface area contributed by atoms with Gasteiger partial charge in [-0.3, -0.25) is 4.79 Å². The highest BCUT2D eigenvalue weighted by atomic mass is 32.2. The summed E-state index contributed by atoms with van der Waals surface area (Å²) in [7, 11) is -1.80. The van der Waals surface area contributed by atoms with Gasteiger partial charge in [0.1, 0.15) is 0 Å². The molecule has 0 aliphatic rings. The van der Waals surface area contributed by atoms with Gasteiger partial charge in [0.05, 0.1) is 5.60 Å². The maximum absolute atomic E-state index is 12.6. The van der Waals surface area contributed by atoms with Gasteiger partial charge in [0, 0.05) is 11.3 Å². The van der Waals surface area contributed by atoms with Crippen molar-refractivity contribution in [3.63, 3.8) is 0 Å². The lowest BCUT2D eigenvalue weighted by molar-refractivity contribution is -0.114. The van der Waals surface area contributed by atoms with Crippen LogP contribution in [0.15, 0.2) is 65.6 Å². The monoisotopic (exact) mass is 344 g/mol. The standard InChI is InChI=1S/C19H24O2SSi/c1-19(21-23(2,3)4,16-11-7-5-8-12-16)15-18(20)22-17-13-9-6-10-14-17/h5-14H,15H2,1-4H3. The Morgan fingerprint density at radius 3 is 2.04 bits per heavy atom. The molecular formula is C19H24O2SSi. The van der Waals surface area contributed by atoms with Gasteiger partial charge in [-0.1, -0.05) is 60.3 Å². The molecule has 0 spiro atoms. The van der Waals surface area contributed by atoms with Gasteiger partial charge >= 0.3 is 0 Å². The molecule has 122 valence electrons. The average molecular weight is 345 g/mol. The summed E-state index contributed by atoms with van der Waals surface area (Å²) in [6, 6.07) is 19.8. The fourth-order valence-electron chi connectivity index (χ4n) is 2.60. The predicted molar refractivity (Wildman–Crippen MR) is 100 cm³/mol. The molecule has 1 unspecified atom stereocenters. The third-order valence-electron chi connectivity index (χ3n) is 3.37. The molecule has 0 fully saturated rings. The van der Waals surface area contributed by atoms with Crippen LogP contribution in [0.3, 0.4) is 0 Å². The van der Waals surface area contributed by atoms with Gasteiger partial charge in [0.2, 0.25) is 0 Å². The molecule has 0 aromatic heterocycles. The molecule has 23 heavy (non-hydrogen) atoms. The molecule has 0 aliphatic carbocycles. The van der Waals surface area contributed by atoms with Gasteiger partial charge in [-0.15, -0.1) is 0 Å². The fraction of sp³-hybridized carbons (Fsp3) is 0.316. The first-order chi connectivity index (χ1) is 10.8. The summed E-state index contributed by atoms with van der Waals surface area (Å²) in [5.41, 5.74) is 0.481. The summed E-state index contributed by atoms with van der Waals surface area (Å²) in [4.78, 5) is 13.6. The molecule has 1 atom stereocenters. The van der Waals surface area contributed by atoms with E-state index in [-0.39, 0.29) is 5.12 Å². The second-order valence-corrected chi connectivity index (χ2v) is 12.3. The van der Waals surface area contributed by atoms with Crippen molar-refractivity contribution in [1.29, 1.82) is 0 Å². The molecule has 0 saturated carbocycles. The molecule has 0 radical (unpaired) electrons. The lowest BCUT2D eigenvalue weighted by Gasteiger charge is -2.36. The highest BCUT2D eigenvalue weighted by molar-refractivity contribution is 8.13. The van der Waals surface area contributed by atoms with Gasteiger partial charge in [-0.2, -0.15) is 0 Å². The minimum Gasteiger partial charge on any atom is -0.408 e. The van der Waals surface area contributed by atoms with Crippen LogP contribution >= 0.6 is 11.8 Å². The van der Waals surface area contributed by atoms with E-state index in [0.717, 1.165) is 10.5 Å². The van der Waals surface area contributed by atoms with E-state index in [1.807, 2.05) is 67.6 Å². The zero-order valence-corrected chi connectivity index (χ0v) is 16.0. The Morgan fingerprint density at radius 1 is 1.00 bits per heavy atom. The second-order valence-electron chi connectivity index (χ2n) is 6.78. The largest absolute Gasteiger partial charge is 0.408 e. The van der Waals surface area contributed by atoms with Crippen molar-refractivity contribution in [2.24, 2.45) is 0 Å². The number of carbonyl (C=O) groups excluding carboxylic acids is 1. The first kappa shape index (κ1) is 18.0. The lowest BCUT2D eigenvalue weighted by atomic mass is 9.93. The number of hydrogen-bond acceptors (Lipinski definition) is 3. The van der Waals surface area contributed by atoms with Crippen LogP contribution in [0.25, 0.3) is 0 Å². The van der Waals surface area contributed by atoms with Gasteiger partial charge in [0.15, 0.2) is 13.4 Å². The van der Waals surface area contributed by atoms with Crippen molar-refractivity contribution < 1.29 is 9.22 Å². The van der Waals surface area contributed by atoms with Crippen LogP contribution < -0.4 is 0 Å². The molecule has 4 heteroatoms. The summed E-state index contributed by atoms with van der Waals surface area (Å²) < 4.78 is 6.42. The van der Waals surface area contributed by atoms with Gasteiger partial charge < -0.3 is 4.43 Å². The summed E-state index contributed by atoms with van der Waals surface area (Å²) in [6.45, 7) is 8.50. The Hall–Kier alpha value is -1.36. The molecule has 2 aromatic rings. The van der Waals surface area contributed by atoms with Crippen molar-refractivity contribution in [2.45, 2.75) is 43.5 Å². The predicted octanol–water partition coefficient (Wildman–Crippen LogP) is 5.46. The first-order valence-electron chi connectivity index (χ1n) is 7.80. The topological polar surface area (TPSA) is 26.3 Å². The second kappa shape index (κ2) is 7.47. The SMILES string of the molecule is CC(CC(=O)Sc1ccccc1)(O[Si](C)(C)C)c1ccccc1. The molecule has 0 N–H and O–H groups in total. The highest BCUT2D eigenvalue weighted by Gasteiger charge is 2.35. The summed E-state index contributed by atoms with van der Waals surface area (Å²) in [5, 5.41) is 0.126. The van der Waals surface area contributed by atoms with Crippen LogP contribution in [0.5, 0.6) is 0 Å². The van der Waals surface area contributed by atoms with Crippen molar-refractivity contribution in [1.82, 2.24) is 0 Å². The minimum absolute atomic E-state index is 0.126. The van der Waals surface area contributed by atoms with E-state index in [9.17, 15) is 4.79 Å². The van der Waals surface area contributed by atoms with E-state index in [1.165, 1.54) is 11.8 Å². The van der Waals surface area contributed by atoms with Crippen LogP contribution in [0, 0.1) is 0 Å². The third-order valence-corrected chi connectivity index (χ3v) is 5.32. The van der Waals surface area contributed by atoms with Crippen molar-refractivity contribution >= 4 is 25.2 Å². The molecule has 2 aromatic carbocycles. The summed E-state index contributed by atoms with van der Waals surface area (Å²) in [6.07, 6.45) is 0.362. The number of hydrogen-bond donors (Lipinski definition) is 0. The number of thioether (sulfide) groups is 1. The van der Waals surface area contributed by atoms with Crippen molar-refractivity contribution in [3.8, 4) is 0 Å². The molecule has 0 amide bonds. The van der Waals surface area contributed by atoms with E-state index in [4.69, 9.17) is 4.43 Å².